The Kier molecular flexibility index (Phi) is 6.34. The lowest BCUT2D eigenvalue weighted by molar-refractivity contribution is -0.123. The van der Waals surface area contributed by atoms with Crippen molar-refractivity contribution in [1.82, 2.24) is 13.9 Å². The number of likely N-dealkylation sites (N-methyl/N-ethyl adjacent to an activating group) is 1. The van der Waals surface area contributed by atoms with Crippen molar-refractivity contribution in [2.75, 3.05) is 25.5 Å². The van der Waals surface area contributed by atoms with E-state index in [2.05, 4.69) is 22.2 Å². The molecule has 2 aliphatic heterocycles. The molecule has 0 spiro atoms. The maximum Gasteiger partial charge on any atom is 0.290 e. The maximum absolute atomic E-state index is 13.5. The third-order valence-corrected chi connectivity index (χ3v) is 7.54. The van der Waals surface area contributed by atoms with Gasteiger partial charge >= 0.3 is 0 Å². The number of nitrogens with zero attached hydrogens (tertiary/aromatic N) is 3. The van der Waals surface area contributed by atoms with Crippen LogP contribution in [0, 0.1) is 0 Å². The number of amides is 1. The second-order valence-corrected chi connectivity index (χ2v) is 9.72. The monoisotopic (exact) mass is 472 g/mol. The number of ether oxygens (including phenoxy) is 1. The number of benzene rings is 1. The standard InChI is InChI=1S/C21H22N4O4S.CH2O2/c1-24-9-3-4-15(24)10-14-12-25(18-5-2-8-22-21(14)18)30(27,28)16-6-7-19-17(11-16)23-20(26)13-29-19;2-1-3/h2,5-8,11-12,15H,3-4,9-10,13H2,1H3,(H,23,26);1H,(H,2,3)/t15-;/m0./s1. The number of aromatic nitrogens is 2. The SMILES string of the molecule is CN1CCC[C@H]1Cc1cn(S(=O)(=O)c2ccc3c(c2)NC(=O)CO3)c2cccnc12.O=CO. The van der Waals surface area contributed by atoms with Crippen molar-refractivity contribution in [3.8, 4) is 5.75 Å². The van der Waals surface area contributed by atoms with Crippen LogP contribution >= 0.6 is 0 Å². The quantitative estimate of drug-likeness (QED) is 0.551. The molecule has 2 N–H and O–H groups in total. The number of rotatable bonds is 4. The Balaban J connectivity index is 0.000000821. The summed E-state index contributed by atoms with van der Waals surface area (Å²) in [5.41, 5.74) is 2.53. The van der Waals surface area contributed by atoms with Crippen LogP contribution in [0.3, 0.4) is 0 Å². The van der Waals surface area contributed by atoms with Gasteiger partial charge < -0.3 is 20.1 Å². The highest BCUT2D eigenvalue weighted by Gasteiger charge is 2.27. The second-order valence-electron chi connectivity index (χ2n) is 7.91. The van der Waals surface area contributed by atoms with Gasteiger partial charge in [-0.05, 0) is 68.8 Å². The number of carbonyl (C=O) groups excluding carboxylic acids is 1. The van der Waals surface area contributed by atoms with Crippen LogP contribution in [0.2, 0.25) is 0 Å². The molecule has 1 saturated heterocycles. The first-order valence-electron chi connectivity index (χ1n) is 10.4. The minimum Gasteiger partial charge on any atom is -0.483 e. The van der Waals surface area contributed by atoms with Crippen LogP contribution in [-0.2, 0) is 26.0 Å². The summed E-state index contributed by atoms with van der Waals surface area (Å²) < 4.78 is 33.6. The third kappa shape index (κ3) is 4.41. The van der Waals surface area contributed by atoms with Crippen molar-refractivity contribution in [2.24, 2.45) is 0 Å². The highest BCUT2D eigenvalue weighted by atomic mass is 32.2. The fourth-order valence-electron chi connectivity index (χ4n) is 4.27. The Morgan fingerprint density at radius 3 is 2.85 bits per heavy atom. The zero-order valence-electron chi connectivity index (χ0n) is 18.0. The number of anilines is 1. The van der Waals surface area contributed by atoms with E-state index in [1.807, 2.05) is 0 Å². The molecule has 5 rings (SSSR count). The average Bonchev–Trinajstić information content (AvgIpc) is 3.38. The Bertz CT molecular complexity index is 1300. The van der Waals surface area contributed by atoms with Gasteiger partial charge in [-0.25, -0.2) is 12.4 Å². The molecule has 0 saturated carbocycles. The van der Waals surface area contributed by atoms with Crippen LogP contribution in [0.5, 0.6) is 5.75 Å². The molecule has 174 valence electrons. The molecule has 11 heteroatoms. The summed E-state index contributed by atoms with van der Waals surface area (Å²) in [7, 11) is -1.78. The summed E-state index contributed by atoms with van der Waals surface area (Å²) in [6.07, 6.45) is 6.36. The predicted octanol–water partition coefficient (Wildman–Crippen LogP) is 1.94. The van der Waals surface area contributed by atoms with Crippen molar-refractivity contribution >= 4 is 39.1 Å². The summed E-state index contributed by atoms with van der Waals surface area (Å²) in [6, 6.07) is 8.39. The molecule has 33 heavy (non-hydrogen) atoms. The molecule has 0 radical (unpaired) electrons. The van der Waals surface area contributed by atoms with E-state index in [0.717, 1.165) is 31.4 Å². The van der Waals surface area contributed by atoms with Gasteiger partial charge in [0.25, 0.3) is 22.4 Å². The maximum atomic E-state index is 13.5. The number of hydrogen-bond donors (Lipinski definition) is 2. The van der Waals surface area contributed by atoms with E-state index in [1.165, 1.54) is 16.1 Å². The molecular weight excluding hydrogens is 448 g/mol. The van der Waals surface area contributed by atoms with Crippen molar-refractivity contribution in [1.29, 1.82) is 0 Å². The Labute approximate surface area is 190 Å². The van der Waals surface area contributed by atoms with Gasteiger partial charge in [-0.1, -0.05) is 0 Å². The fraction of sp³-hybridized carbons (Fsp3) is 0.318. The lowest BCUT2D eigenvalue weighted by Crippen LogP contribution is -2.26. The van der Waals surface area contributed by atoms with Gasteiger partial charge in [-0.2, -0.15) is 0 Å². The molecule has 1 amide bonds. The Hall–Kier alpha value is -3.44. The van der Waals surface area contributed by atoms with Crippen LogP contribution in [0.4, 0.5) is 5.69 Å². The van der Waals surface area contributed by atoms with Crippen molar-refractivity contribution in [3.05, 3.63) is 48.3 Å². The van der Waals surface area contributed by atoms with E-state index in [1.54, 1.807) is 30.6 Å². The first kappa shape index (κ1) is 22.7. The van der Waals surface area contributed by atoms with E-state index in [-0.39, 0.29) is 23.9 Å². The van der Waals surface area contributed by atoms with E-state index in [9.17, 15) is 13.2 Å². The fourth-order valence-corrected chi connectivity index (χ4v) is 5.68. The zero-order valence-corrected chi connectivity index (χ0v) is 18.8. The molecule has 0 aliphatic carbocycles. The van der Waals surface area contributed by atoms with Gasteiger partial charge in [0.05, 0.1) is 21.6 Å². The minimum atomic E-state index is -3.89. The van der Waals surface area contributed by atoms with E-state index in [4.69, 9.17) is 14.6 Å². The normalized spacial score (nSPS) is 18.1. The summed E-state index contributed by atoms with van der Waals surface area (Å²) in [6.45, 7) is 0.726. The van der Waals surface area contributed by atoms with Gasteiger partial charge in [-0.3, -0.25) is 14.6 Å². The third-order valence-electron chi connectivity index (χ3n) is 5.87. The number of fused-ring (bicyclic) bond motifs is 2. The van der Waals surface area contributed by atoms with E-state index >= 15 is 0 Å². The lowest BCUT2D eigenvalue weighted by Gasteiger charge is -2.19. The van der Waals surface area contributed by atoms with Crippen LogP contribution in [0.25, 0.3) is 11.0 Å². The number of carboxylic acid groups (broad SMARTS) is 1. The number of likely N-dealkylation sites (tertiary alicyclic amines) is 1. The zero-order chi connectivity index (χ0) is 23.6. The predicted molar refractivity (Wildman–Crippen MR) is 121 cm³/mol. The number of nitrogens with one attached hydrogen (secondary N) is 1. The number of hydrogen-bond acceptors (Lipinski definition) is 7. The van der Waals surface area contributed by atoms with Crippen LogP contribution in [-0.4, -0.2) is 66.0 Å². The molecule has 2 aliphatic rings. The lowest BCUT2D eigenvalue weighted by atomic mass is 10.1. The van der Waals surface area contributed by atoms with Crippen molar-refractivity contribution in [3.63, 3.8) is 0 Å². The molecule has 3 aromatic rings. The molecule has 1 atom stereocenters. The first-order chi connectivity index (χ1) is 15.8. The summed E-state index contributed by atoms with van der Waals surface area (Å²) in [4.78, 5) is 26.9. The highest BCUT2D eigenvalue weighted by Crippen LogP contribution is 2.33. The van der Waals surface area contributed by atoms with Crippen LogP contribution in [0.1, 0.15) is 18.4 Å². The summed E-state index contributed by atoms with van der Waals surface area (Å²) in [5.74, 6) is 0.146. The van der Waals surface area contributed by atoms with E-state index < -0.39 is 10.0 Å². The molecule has 1 aromatic carbocycles. The van der Waals surface area contributed by atoms with E-state index in [0.29, 0.717) is 28.5 Å². The van der Waals surface area contributed by atoms with Crippen molar-refractivity contribution < 1.29 is 27.9 Å². The van der Waals surface area contributed by atoms with Crippen LogP contribution < -0.4 is 10.1 Å². The topological polar surface area (TPSA) is 131 Å². The molecule has 2 aromatic heterocycles. The molecule has 0 bridgehead atoms. The summed E-state index contributed by atoms with van der Waals surface area (Å²) in [5, 5.41) is 9.55. The molecule has 0 unspecified atom stereocenters. The number of pyridine rings is 1. The van der Waals surface area contributed by atoms with Gasteiger partial charge in [0, 0.05) is 18.4 Å². The van der Waals surface area contributed by atoms with Crippen molar-refractivity contribution in [2.45, 2.75) is 30.2 Å². The van der Waals surface area contributed by atoms with Gasteiger partial charge in [0.2, 0.25) is 0 Å². The van der Waals surface area contributed by atoms with Gasteiger partial charge in [-0.15, -0.1) is 0 Å². The summed E-state index contributed by atoms with van der Waals surface area (Å²) >= 11 is 0. The molecular formula is C22H24N4O6S. The number of carbonyl (C=O) groups is 2. The van der Waals surface area contributed by atoms with Crippen LogP contribution in [0.15, 0.2) is 47.6 Å². The molecule has 4 heterocycles. The minimum absolute atomic E-state index is 0.0774. The molecule has 1 fully saturated rings. The second kappa shape index (κ2) is 9.20. The first-order valence-corrected chi connectivity index (χ1v) is 11.8. The average molecular weight is 473 g/mol. The Morgan fingerprint density at radius 2 is 2.12 bits per heavy atom. The van der Waals surface area contributed by atoms with Gasteiger partial charge in [0.1, 0.15) is 5.75 Å². The smallest absolute Gasteiger partial charge is 0.290 e. The van der Waals surface area contributed by atoms with Gasteiger partial charge in [0.15, 0.2) is 6.61 Å². The highest BCUT2D eigenvalue weighted by molar-refractivity contribution is 7.90. The Morgan fingerprint density at radius 1 is 1.33 bits per heavy atom. The largest absolute Gasteiger partial charge is 0.483 e. The molecule has 10 nitrogen and oxygen atoms in total.